The minimum Gasteiger partial charge on any atom is -0.144 e. The minimum absolute atomic E-state index is 0.209. The van der Waals surface area contributed by atoms with Crippen LogP contribution in [-0.2, 0) is 0 Å². The van der Waals surface area contributed by atoms with Gasteiger partial charge in [0.05, 0.1) is 4.83 Å². The van der Waals surface area contributed by atoms with Gasteiger partial charge >= 0.3 is 0 Å². The molecule has 1 aromatic carbocycles. The van der Waals surface area contributed by atoms with Crippen molar-refractivity contribution in [1.82, 2.24) is 0 Å². The predicted octanol–water partition coefficient (Wildman–Crippen LogP) is 5.96. The van der Waals surface area contributed by atoms with Crippen LogP contribution in [0.4, 0.5) is 0 Å². The van der Waals surface area contributed by atoms with Gasteiger partial charge in [0, 0.05) is 19.2 Å². The predicted molar refractivity (Wildman–Crippen MR) is 79.0 cm³/mol. The standard InChI is InChI=1S/C12H9Br2ClS/c1-7-2-3-11(16-7)12(14)8-4-9(13)6-10(15)5-8/h2-6,12H,1H3. The molecule has 0 spiro atoms. The van der Waals surface area contributed by atoms with Gasteiger partial charge in [-0.25, -0.2) is 0 Å². The molecule has 0 saturated carbocycles. The quantitative estimate of drug-likeness (QED) is 0.564. The Morgan fingerprint density at radius 2 is 2.00 bits per heavy atom. The highest BCUT2D eigenvalue weighted by Crippen LogP contribution is 2.37. The molecule has 1 unspecified atom stereocenters. The Bertz CT molecular complexity index is 487. The molecule has 84 valence electrons. The first-order valence-electron chi connectivity index (χ1n) is 4.72. The van der Waals surface area contributed by atoms with E-state index in [9.17, 15) is 0 Å². The molecule has 0 bridgehead atoms. The van der Waals surface area contributed by atoms with Crippen LogP contribution in [0.25, 0.3) is 0 Å². The van der Waals surface area contributed by atoms with E-state index in [2.05, 4.69) is 57.0 Å². The Morgan fingerprint density at radius 1 is 1.25 bits per heavy atom. The van der Waals surface area contributed by atoms with Gasteiger partial charge in [-0.3, -0.25) is 0 Å². The van der Waals surface area contributed by atoms with Crippen molar-refractivity contribution in [2.75, 3.05) is 0 Å². The van der Waals surface area contributed by atoms with E-state index in [-0.39, 0.29) is 4.83 Å². The fourth-order valence-corrected chi connectivity index (χ4v) is 3.94. The molecule has 0 aliphatic rings. The van der Waals surface area contributed by atoms with Crippen molar-refractivity contribution in [2.45, 2.75) is 11.8 Å². The van der Waals surface area contributed by atoms with Gasteiger partial charge in [-0.15, -0.1) is 11.3 Å². The zero-order chi connectivity index (χ0) is 11.7. The van der Waals surface area contributed by atoms with E-state index in [1.54, 1.807) is 11.3 Å². The molecule has 4 heteroatoms. The van der Waals surface area contributed by atoms with Crippen LogP contribution in [0.3, 0.4) is 0 Å². The van der Waals surface area contributed by atoms with Gasteiger partial charge in [-0.05, 0) is 42.8 Å². The van der Waals surface area contributed by atoms with Crippen LogP contribution in [0.2, 0.25) is 5.02 Å². The topological polar surface area (TPSA) is 0 Å². The Labute approximate surface area is 121 Å². The number of halogens is 3. The smallest absolute Gasteiger partial charge is 0.0739 e. The molecule has 0 amide bonds. The molecule has 0 fully saturated rings. The first kappa shape index (κ1) is 12.6. The summed E-state index contributed by atoms with van der Waals surface area (Å²) in [5.41, 5.74) is 1.17. The van der Waals surface area contributed by atoms with Gasteiger partial charge in [-0.1, -0.05) is 43.5 Å². The number of hydrogen-bond donors (Lipinski definition) is 0. The van der Waals surface area contributed by atoms with Gasteiger partial charge in [0.25, 0.3) is 0 Å². The lowest BCUT2D eigenvalue weighted by Gasteiger charge is -2.09. The normalized spacial score (nSPS) is 12.8. The molecule has 2 rings (SSSR count). The van der Waals surface area contributed by atoms with Crippen LogP contribution in [0.1, 0.15) is 20.1 Å². The Kier molecular flexibility index (Phi) is 4.11. The van der Waals surface area contributed by atoms with Gasteiger partial charge in [-0.2, -0.15) is 0 Å². The minimum atomic E-state index is 0.209. The van der Waals surface area contributed by atoms with Gasteiger partial charge in [0.1, 0.15) is 0 Å². The van der Waals surface area contributed by atoms with Crippen LogP contribution < -0.4 is 0 Å². The SMILES string of the molecule is Cc1ccc(C(Br)c2cc(Cl)cc(Br)c2)s1. The molecule has 0 nitrogen and oxygen atoms in total. The van der Waals surface area contributed by atoms with E-state index < -0.39 is 0 Å². The van der Waals surface area contributed by atoms with E-state index >= 15 is 0 Å². The number of benzene rings is 1. The molecule has 0 aliphatic heterocycles. The number of aryl methyl sites for hydroxylation is 1. The van der Waals surface area contributed by atoms with Crippen molar-refractivity contribution in [3.8, 4) is 0 Å². The second-order valence-electron chi connectivity index (χ2n) is 3.51. The molecule has 0 saturated heterocycles. The van der Waals surface area contributed by atoms with Crippen LogP contribution in [-0.4, -0.2) is 0 Å². The van der Waals surface area contributed by atoms with Crippen LogP contribution in [0, 0.1) is 6.92 Å². The van der Waals surface area contributed by atoms with Crippen LogP contribution >= 0.6 is 54.8 Å². The molecule has 2 aromatic rings. The van der Waals surface area contributed by atoms with Crippen LogP contribution in [0.5, 0.6) is 0 Å². The van der Waals surface area contributed by atoms with Crippen molar-refractivity contribution >= 4 is 54.8 Å². The third kappa shape index (κ3) is 2.89. The summed E-state index contributed by atoms with van der Waals surface area (Å²) in [7, 11) is 0. The largest absolute Gasteiger partial charge is 0.144 e. The highest BCUT2D eigenvalue weighted by Gasteiger charge is 2.13. The van der Waals surface area contributed by atoms with Crippen molar-refractivity contribution in [2.24, 2.45) is 0 Å². The number of rotatable bonds is 2. The second kappa shape index (κ2) is 5.21. The first-order valence-corrected chi connectivity index (χ1v) is 7.63. The van der Waals surface area contributed by atoms with Gasteiger partial charge in [0.2, 0.25) is 0 Å². The average molecular weight is 381 g/mol. The van der Waals surface area contributed by atoms with E-state index in [4.69, 9.17) is 11.6 Å². The zero-order valence-corrected chi connectivity index (χ0v) is 13.3. The number of thiophene rings is 1. The van der Waals surface area contributed by atoms with E-state index in [1.807, 2.05) is 12.1 Å². The van der Waals surface area contributed by atoms with Crippen molar-refractivity contribution in [3.63, 3.8) is 0 Å². The van der Waals surface area contributed by atoms with Crippen molar-refractivity contribution < 1.29 is 0 Å². The number of hydrogen-bond acceptors (Lipinski definition) is 1. The lowest BCUT2D eigenvalue weighted by molar-refractivity contribution is 1.22. The lowest BCUT2D eigenvalue weighted by Crippen LogP contribution is -1.89. The maximum atomic E-state index is 6.04. The monoisotopic (exact) mass is 378 g/mol. The molecule has 16 heavy (non-hydrogen) atoms. The third-order valence-corrected chi connectivity index (χ3v) is 5.26. The molecule has 0 radical (unpaired) electrons. The number of alkyl halides is 1. The first-order chi connectivity index (χ1) is 7.56. The summed E-state index contributed by atoms with van der Waals surface area (Å²) in [4.78, 5) is 2.83. The molecular weight excluding hydrogens is 371 g/mol. The molecule has 1 aromatic heterocycles. The maximum Gasteiger partial charge on any atom is 0.0739 e. The summed E-state index contributed by atoms with van der Waals surface area (Å²) in [5, 5.41) is 0.752. The highest BCUT2D eigenvalue weighted by atomic mass is 79.9. The summed E-state index contributed by atoms with van der Waals surface area (Å²) in [6.07, 6.45) is 0. The summed E-state index contributed by atoms with van der Waals surface area (Å²) < 4.78 is 1.01. The molecular formula is C12H9Br2ClS. The summed E-state index contributed by atoms with van der Waals surface area (Å²) >= 11 is 15.0. The lowest BCUT2D eigenvalue weighted by atomic mass is 10.1. The summed E-state index contributed by atoms with van der Waals surface area (Å²) in [6, 6.07) is 10.2. The van der Waals surface area contributed by atoms with E-state index in [0.29, 0.717) is 0 Å². The second-order valence-corrected chi connectivity index (χ2v) is 7.10. The van der Waals surface area contributed by atoms with E-state index in [0.717, 1.165) is 9.50 Å². The van der Waals surface area contributed by atoms with Gasteiger partial charge in [0.15, 0.2) is 0 Å². The van der Waals surface area contributed by atoms with Crippen LogP contribution in [0.15, 0.2) is 34.8 Å². The molecule has 1 heterocycles. The van der Waals surface area contributed by atoms with Crippen molar-refractivity contribution in [1.29, 1.82) is 0 Å². The van der Waals surface area contributed by atoms with Crippen molar-refractivity contribution in [3.05, 3.63) is 55.1 Å². The highest BCUT2D eigenvalue weighted by molar-refractivity contribution is 9.10. The zero-order valence-electron chi connectivity index (χ0n) is 8.51. The molecule has 0 N–H and O–H groups in total. The Morgan fingerprint density at radius 3 is 2.56 bits per heavy atom. The third-order valence-electron chi connectivity index (χ3n) is 2.19. The fourth-order valence-electron chi connectivity index (χ4n) is 1.48. The maximum absolute atomic E-state index is 6.04. The summed E-state index contributed by atoms with van der Waals surface area (Å²) in [5.74, 6) is 0. The average Bonchev–Trinajstić information content (AvgIpc) is 2.62. The molecule has 0 aliphatic carbocycles. The summed E-state index contributed by atoms with van der Waals surface area (Å²) in [6.45, 7) is 2.11. The fraction of sp³-hybridized carbons (Fsp3) is 0.167. The Hall–Kier alpha value is 0.170. The Balaban J connectivity index is 2.37. The molecule has 1 atom stereocenters. The van der Waals surface area contributed by atoms with Gasteiger partial charge < -0.3 is 0 Å². The van der Waals surface area contributed by atoms with E-state index in [1.165, 1.54) is 15.3 Å².